The number of fused-ring (bicyclic) bond motifs is 1. The number of amides is 2. The molecular weight excluding hydrogens is 456 g/mol. The number of nitrogens with zero attached hydrogens (tertiary/aromatic N) is 1. The molecule has 2 amide bonds. The van der Waals surface area contributed by atoms with Gasteiger partial charge in [0.05, 0.1) is 0 Å². The smallest absolute Gasteiger partial charge is 0.258 e. The molecule has 0 radical (unpaired) electrons. The second kappa shape index (κ2) is 10.8. The lowest BCUT2D eigenvalue weighted by molar-refractivity contribution is 0.0985. The molecule has 4 aromatic rings. The third-order valence-corrected chi connectivity index (χ3v) is 7.06. The summed E-state index contributed by atoms with van der Waals surface area (Å²) < 4.78 is 0. The Bertz CT molecular complexity index is 1410. The minimum absolute atomic E-state index is 0.0117. The van der Waals surface area contributed by atoms with Crippen molar-refractivity contribution in [3.05, 3.63) is 119 Å². The highest BCUT2D eigenvalue weighted by Gasteiger charge is 2.22. The zero-order valence-electron chi connectivity index (χ0n) is 21.4. The van der Waals surface area contributed by atoms with Crippen LogP contribution < -0.4 is 10.2 Å². The number of hydrogen-bond acceptors (Lipinski definition) is 2. The molecule has 186 valence electrons. The van der Waals surface area contributed by atoms with E-state index in [0.717, 1.165) is 36.1 Å². The third kappa shape index (κ3) is 5.34. The second-order valence-electron chi connectivity index (χ2n) is 9.90. The van der Waals surface area contributed by atoms with Crippen LogP contribution in [-0.4, -0.2) is 18.4 Å². The second-order valence-corrected chi connectivity index (χ2v) is 9.90. The van der Waals surface area contributed by atoms with Crippen molar-refractivity contribution in [1.82, 2.24) is 0 Å². The van der Waals surface area contributed by atoms with Crippen LogP contribution in [0.25, 0.3) is 11.1 Å². The predicted octanol–water partition coefficient (Wildman–Crippen LogP) is 7.71. The summed E-state index contributed by atoms with van der Waals surface area (Å²) in [5, 5.41) is 3.01. The van der Waals surface area contributed by atoms with Crippen molar-refractivity contribution < 1.29 is 9.59 Å². The van der Waals surface area contributed by atoms with Gasteiger partial charge in [-0.25, -0.2) is 0 Å². The summed E-state index contributed by atoms with van der Waals surface area (Å²) in [4.78, 5) is 28.5. The van der Waals surface area contributed by atoms with E-state index in [4.69, 9.17) is 0 Å². The fraction of sp³-hybridized carbons (Fsp3) is 0.212. The van der Waals surface area contributed by atoms with Crippen molar-refractivity contribution in [3.8, 4) is 11.1 Å². The SMILES string of the molecule is CC(C)c1ccc(-c2ccccc2C(=O)Nc2ccc(C(=O)N3CCCCc4ccccc43)cc2)cc1. The molecule has 4 heteroatoms. The van der Waals surface area contributed by atoms with Crippen molar-refractivity contribution in [2.75, 3.05) is 16.8 Å². The fourth-order valence-electron chi connectivity index (χ4n) is 4.93. The van der Waals surface area contributed by atoms with Crippen molar-refractivity contribution >= 4 is 23.2 Å². The topological polar surface area (TPSA) is 49.4 Å². The van der Waals surface area contributed by atoms with Crippen LogP contribution in [0, 0.1) is 0 Å². The number of hydrogen-bond donors (Lipinski definition) is 1. The van der Waals surface area contributed by atoms with Gasteiger partial charge in [-0.1, -0.05) is 74.5 Å². The lowest BCUT2D eigenvalue weighted by atomic mass is 9.95. The maximum atomic E-state index is 13.4. The molecule has 4 nitrogen and oxygen atoms in total. The van der Waals surface area contributed by atoms with Crippen molar-refractivity contribution in [2.24, 2.45) is 0 Å². The van der Waals surface area contributed by atoms with Crippen molar-refractivity contribution in [1.29, 1.82) is 0 Å². The highest BCUT2D eigenvalue weighted by molar-refractivity contribution is 6.09. The molecule has 1 heterocycles. The number of aryl methyl sites for hydroxylation is 1. The van der Waals surface area contributed by atoms with E-state index in [1.807, 2.05) is 47.4 Å². The van der Waals surface area contributed by atoms with Crippen LogP contribution in [0.4, 0.5) is 11.4 Å². The molecule has 0 saturated heterocycles. The van der Waals surface area contributed by atoms with Crippen molar-refractivity contribution in [2.45, 2.75) is 39.0 Å². The maximum absolute atomic E-state index is 13.4. The van der Waals surface area contributed by atoms with Gasteiger partial charge in [0.1, 0.15) is 0 Å². The minimum Gasteiger partial charge on any atom is -0.322 e. The van der Waals surface area contributed by atoms with E-state index < -0.39 is 0 Å². The van der Waals surface area contributed by atoms with E-state index in [1.165, 1.54) is 11.1 Å². The van der Waals surface area contributed by atoms with Crippen LogP contribution in [0.3, 0.4) is 0 Å². The first-order valence-corrected chi connectivity index (χ1v) is 13.0. The van der Waals surface area contributed by atoms with Gasteiger partial charge in [0, 0.05) is 29.0 Å². The van der Waals surface area contributed by atoms with Crippen LogP contribution in [0.5, 0.6) is 0 Å². The molecule has 1 N–H and O–H groups in total. The lowest BCUT2D eigenvalue weighted by Crippen LogP contribution is -2.31. The number of carbonyl (C=O) groups is 2. The lowest BCUT2D eigenvalue weighted by Gasteiger charge is -2.23. The zero-order valence-corrected chi connectivity index (χ0v) is 21.4. The van der Waals surface area contributed by atoms with E-state index in [-0.39, 0.29) is 11.8 Å². The Kier molecular flexibility index (Phi) is 7.18. The Hall–Kier alpha value is -4.18. The fourth-order valence-corrected chi connectivity index (χ4v) is 4.93. The molecule has 0 fully saturated rings. The van der Waals surface area contributed by atoms with Gasteiger partial charge in [-0.15, -0.1) is 0 Å². The molecule has 1 aliphatic rings. The van der Waals surface area contributed by atoms with Crippen LogP contribution in [-0.2, 0) is 6.42 Å². The molecule has 0 atom stereocenters. The molecule has 1 aliphatic heterocycles. The highest BCUT2D eigenvalue weighted by Crippen LogP contribution is 2.29. The Morgan fingerprint density at radius 1 is 0.784 bits per heavy atom. The van der Waals surface area contributed by atoms with Gasteiger partial charge in [0.15, 0.2) is 0 Å². The molecule has 0 aliphatic carbocycles. The summed E-state index contributed by atoms with van der Waals surface area (Å²) in [7, 11) is 0. The standard InChI is InChI=1S/C33H32N2O2/c1-23(2)24-14-16-25(17-15-24)29-11-4-5-12-30(29)32(36)34-28-20-18-27(19-21-28)33(37)35-22-8-7-10-26-9-3-6-13-31(26)35/h3-6,9,11-21,23H,7-8,10,22H2,1-2H3,(H,34,36). The first-order valence-electron chi connectivity index (χ1n) is 13.0. The third-order valence-electron chi connectivity index (χ3n) is 7.06. The predicted molar refractivity (Wildman–Crippen MR) is 151 cm³/mol. The number of benzene rings is 4. The Morgan fingerprint density at radius 3 is 2.24 bits per heavy atom. The van der Waals surface area contributed by atoms with Gasteiger partial charge in [-0.3, -0.25) is 9.59 Å². The number of para-hydroxylation sites is 1. The highest BCUT2D eigenvalue weighted by atomic mass is 16.2. The Morgan fingerprint density at radius 2 is 1.49 bits per heavy atom. The summed E-state index contributed by atoms with van der Waals surface area (Å²) >= 11 is 0. The molecule has 5 rings (SSSR count). The quantitative estimate of drug-likeness (QED) is 0.313. The molecule has 0 bridgehead atoms. The maximum Gasteiger partial charge on any atom is 0.258 e. The number of nitrogens with one attached hydrogen (secondary N) is 1. The monoisotopic (exact) mass is 488 g/mol. The zero-order chi connectivity index (χ0) is 25.8. The van der Waals surface area contributed by atoms with Gasteiger partial charge < -0.3 is 10.2 Å². The largest absolute Gasteiger partial charge is 0.322 e. The molecule has 0 saturated carbocycles. The minimum atomic E-state index is -0.177. The summed E-state index contributed by atoms with van der Waals surface area (Å²) in [5.41, 5.74) is 7.26. The van der Waals surface area contributed by atoms with Gasteiger partial charge in [0.25, 0.3) is 11.8 Å². The number of carbonyl (C=O) groups excluding carboxylic acids is 2. The van der Waals surface area contributed by atoms with E-state index >= 15 is 0 Å². The van der Waals surface area contributed by atoms with Crippen molar-refractivity contribution in [3.63, 3.8) is 0 Å². The van der Waals surface area contributed by atoms with E-state index in [0.29, 0.717) is 29.3 Å². The molecule has 0 aromatic heterocycles. The average Bonchev–Trinajstić information content (AvgIpc) is 3.16. The van der Waals surface area contributed by atoms with Gasteiger partial charge in [-0.05, 0) is 83.8 Å². The number of anilines is 2. The van der Waals surface area contributed by atoms with E-state index in [2.05, 4.69) is 49.5 Å². The molecule has 37 heavy (non-hydrogen) atoms. The van der Waals surface area contributed by atoms with Crippen LogP contribution >= 0.6 is 0 Å². The molecule has 0 unspecified atom stereocenters. The van der Waals surface area contributed by atoms with E-state index in [9.17, 15) is 9.59 Å². The summed E-state index contributed by atoms with van der Waals surface area (Å²) in [6.45, 7) is 5.05. The first-order chi connectivity index (χ1) is 18.0. The van der Waals surface area contributed by atoms with Crippen LogP contribution in [0.1, 0.15) is 64.4 Å². The summed E-state index contributed by atoms with van der Waals surface area (Å²) in [6.07, 6.45) is 3.05. The normalized spacial score (nSPS) is 13.1. The number of rotatable bonds is 5. The summed E-state index contributed by atoms with van der Waals surface area (Å²) in [6, 6.07) is 31.4. The molecule has 0 spiro atoms. The van der Waals surface area contributed by atoms with Crippen LogP contribution in [0.15, 0.2) is 97.1 Å². The first kappa shape index (κ1) is 24.5. The van der Waals surface area contributed by atoms with E-state index in [1.54, 1.807) is 24.3 Å². The Balaban J connectivity index is 1.33. The van der Waals surface area contributed by atoms with Gasteiger partial charge >= 0.3 is 0 Å². The molecular formula is C33H32N2O2. The average molecular weight is 489 g/mol. The molecule has 4 aromatic carbocycles. The van der Waals surface area contributed by atoms with Gasteiger partial charge in [0.2, 0.25) is 0 Å². The van der Waals surface area contributed by atoms with Crippen LogP contribution in [0.2, 0.25) is 0 Å². The summed E-state index contributed by atoms with van der Waals surface area (Å²) in [5.74, 6) is 0.267. The Labute approximate surface area is 219 Å². The van der Waals surface area contributed by atoms with Gasteiger partial charge in [-0.2, -0.15) is 0 Å².